The average Bonchev–Trinajstić information content (AvgIpc) is 2.82. The van der Waals surface area contributed by atoms with Crippen LogP contribution >= 0.6 is 0 Å². The molecule has 1 N–H and O–H groups in total. The van der Waals surface area contributed by atoms with E-state index in [4.69, 9.17) is 4.52 Å². The second-order valence-electron chi connectivity index (χ2n) is 5.10. The van der Waals surface area contributed by atoms with E-state index in [1.807, 2.05) is 0 Å². The van der Waals surface area contributed by atoms with E-state index in [0.717, 1.165) is 6.42 Å². The molecule has 21 heavy (non-hydrogen) atoms. The van der Waals surface area contributed by atoms with Crippen molar-refractivity contribution in [2.24, 2.45) is 0 Å². The lowest BCUT2D eigenvalue weighted by Crippen LogP contribution is -2.42. The van der Waals surface area contributed by atoms with Gasteiger partial charge in [0.25, 0.3) is 5.91 Å². The molecule has 1 unspecified atom stereocenters. The quantitative estimate of drug-likeness (QED) is 0.942. The molecule has 2 heterocycles. The molecule has 0 saturated carbocycles. The van der Waals surface area contributed by atoms with E-state index in [-0.39, 0.29) is 17.5 Å². The maximum Gasteiger partial charge on any atom is 0.292 e. The van der Waals surface area contributed by atoms with Crippen LogP contribution in [-0.4, -0.2) is 34.2 Å². The largest absolute Gasteiger partial charge is 0.388 e. The molecule has 1 amide bonds. The van der Waals surface area contributed by atoms with Gasteiger partial charge in [-0.3, -0.25) is 4.79 Å². The highest BCUT2D eigenvalue weighted by Gasteiger charge is 2.31. The van der Waals surface area contributed by atoms with Gasteiger partial charge in [0.15, 0.2) is 0 Å². The molecule has 0 spiro atoms. The molecule has 1 saturated heterocycles. The van der Waals surface area contributed by atoms with Crippen molar-refractivity contribution in [1.82, 2.24) is 10.1 Å². The van der Waals surface area contributed by atoms with E-state index < -0.39 is 6.10 Å². The molecule has 6 heteroatoms. The number of aliphatic hydroxyl groups is 1. The predicted octanol–water partition coefficient (Wildman–Crippen LogP) is 2.38. The highest BCUT2D eigenvalue weighted by Crippen LogP contribution is 2.32. The second-order valence-corrected chi connectivity index (χ2v) is 5.10. The highest BCUT2D eigenvalue weighted by atomic mass is 19.1. The van der Waals surface area contributed by atoms with Crippen LogP contribution in [0.3, 0.4) is 0 Å². The molecule has 110 valence electrons. The predicted molar refractivity (Wildman–Crippen MR) is 73.1 cm³/mol. The third kappa shape index (κ3) is 2.42. The number of carbonyl (C=O) groups is 1. The molecular weight excluding hydrogens is 275 g/mol. The Hall–Kier alpha value is -2.21. The van der Waals surface area contributed by atoms with E-state index >= 15 is 0 Å². The lowest BCUT2D eigenvalue weighted by molar-refractivity contribution is 0.0601. The molecule has 1 atom stereocenters. The van der Waals surface area contributed by atoms with Gasteiger partial charge in [0.2, 0.25) is 5.76 Å². The molecular formula is C15H15FN2O3. The Bertz CT molecular complexity index is 660. The minimum absolute atomic E-state index is 0.0593. The zero-order valence-corrected chi connectivity index (χ0v) is 11.5. The third-order valence-corrected chi connectivity index (χ3v) is 3.60. The van der Waals surface area contributed by atoms with Crippen molar-refractivity contribution in [3.63, 3.8) is 0 Å². The summed E-state index contributed by atoms with van der Waals surface area (Å²) < 4.78 is 18.2. The summed E-state index contributed by atoms with van der Waals surface area (Å²) in [5, 5.41) is 13.9. The first kappa shape index (κ1) is 13.8. The lowest BCUT2D eigenvalue weighted by atomic mass is 10.0. The van der Waals surface area contributed by atoms with Crippen molar-refractivity contribution in [3.8, 4) is 11.3 Å². The maximum atomic E-state index is 13.0. The minimum Gasteiger partial charge on any atom is -0.388 e. The Kier molecular flexibility index (Phi) is 3.47. The number of halogens is 1. The molecule has 5 nitrogen and oxygen atoms in total. The standard InChI is InChI=1S/C15H15FN2O3/c1-9(19)12-13(10-3-5-11(16)6-4-10)17-21-14(12)15(20)18-7-2-8-18/h3-6,9,19H,2,7-8H2,1H3. The van der Waals surface area contributed by atoms with Gasteiger partial charge in [-0.25, -0.2) is 4.39 Å². The van der Waals surface area contributed by atoms with E-state index in [0.29, 0.717) is 29.9 Å². The Morgan fingerprint density at radius 3 is 2.57 bits per heavy atom. The fourth-order valence-corrected chi connectivity index (χ4v) is 2.32. The summed E-state index contributed by atoms with van der Waals surface area (Å²) in [6.07, 6.45) is 0.0610. The van der Waals surface area contributed by atoms with Crippen LogP contribution < -0.4 is 0 Å². The first-order valence-electron chi connectivity index (χ1n) is 6.81. The van der Waals surface area contributed by atoms with Crippen LogP contribution in [0.1, 0.15) is 35.6 Å². The van der Waals surface area contributed by atoms with Gasteiger partial charge in [0.1, 0.15) is 11.5 Å². The van der Waals surface area contributed by atoms with Crippen molar-refractivity contribution in [3.05, 3.63) is 41.4 Å². The van der Waals surface area contributed by atoms with Gasteiger partial charge in [0.05, 0.1) is 11.7 Å². The Morgan fingerprint density at radius 2 is 2.05 bits per heavy atom. The fraction of sp³-hybridized carbons (Fsp3) is 0.333. The number of amides is 1. The first-order valence-corrected chi connectivity index (χ1v) is 6.81. The van der Waals surface area contributed by atoms with Gasteiger partial charge in [-0.15, -0.1) is 0 Å². The lowest BCUT2D eigenvalue weighted by Gasteiger charge is -2.30. The number of likely N-dealkylation sites (tertiary alicyclic amines) is 1. The van der Waals surface area contributed by atoms with Crippen LogP contribution in [0.25, 0.3) is 11.3 Å². The van der Waals surface area contributed by atoms with Gasteiger partial charge < -0.3 is 14.5 Å². The number of hydrogen-bond donors (Lipinski definition) is 1. The minimum atomic E-state index is -0.906. The van der Waals surface area contributed by atoms with E-state index in [1.165, 1.54) is 24.3 Å². The Morgan fingerprint density at radius 1 is 1.38 bits per heavy atom. The van der Waals surface area contributed by atoms with Gasteiger partial charge in [-0.2, -0.15) is 0 Å². The molecule has 1 aromatic carbocycles. The summed E-state index contributed by atoms with van der Waals surface area (Å²) >= 11 is 0. The molecule has 0 aliphatic carbocycles. The van der Waals surface area contributed by atoms with E-state index in [1.54, 1.807) is 11.8 Å². The number of nitrogens with zero attached hydrogens (tertiary/aromatic N) is 2. The number of rotatable bonds is 3. The van der Waals surface area contributed by atoms with Crippen LogP contribution in [0.5, 0.6) is 0 Å². The molecule has 1 aliphatic rings. The maximum absolute atomic E-state index is 13.0. The smallest absolute Gasteiger partial charge is 0.292 e. The van der Waals surface area contributed by atoms with Gasteiger partial charge >= 0.3 is 0 Å². The molecule has 0 radical (unpaired) electrons. The SMILES string of the molecule is CC(O)c1c(-c2ccc(F)cc2)noc1C(=O)N1CCC1. The summed E-state index contributed by atoms with van der Waals surface area (Å²) in [7, 11) is 0. The third-order valence-electron chi connectivity index (χ3n) is 3.60. The van der Waals surface area contributed by atoms with Crippen molar-refractivity contribution in [2.75, 3.05) is 13.1 Å². The van der Waals surface area contributed by atoms with Gasteiger partial charge in [-0.1, -0.05) is 5.16 Å². The van der Waals surface area contributed by atoms with E-state index in [9.17, 15) is 14.3 Å². The molecule has 1 aliphatic heterocycles. The Balaban J connectivity index is 2.03. The van der Waals surface area contributed by atoms with Crippen LogP contribution in [0.4, 0.5) is 4.39 Å². The summed E-state index contributed by atoms with van der Waals surface area (Å²) in [5.74, 6) is -0.570. The van der Waals surface area contributed by atoms with Crippen molar-refractivity contribution in [1.29, 1.82) is 0 Å². The monoisotopic (exact) mass is 290 g/mol. The summed E-state index contributed by atoms with van der Waals surface area (Å²) in [5.41, 5.74) is 1.31. The number of carbonyl (C=O) groups excluding carboxylic acids is 1. The van der Waals surface area contributed by atoms with Gasteiger partial charge in [-0.05, 0) is 37.6 Å². The van der Waals surface area contributed by atoms with Crippen LogP contribution in [-0.2, 0) is 0 Å². The topological polar surface area (TPSA) is 66.6 Å². The van der Waals surface area contributed by atoms with Crippen molar-refractivity contribution >= 4 is 5.91 Å². The number of benzene rings is 1. The van der Waals surface area contributed by atoms with Crippen LogP contribution in [0.2, 0.25) is 0 Å². The highest BCUT2D eigenvalue weighted by molar-refractivity contribution is 5.95. The number of aromatic nitrogens is 1. The first-order chi connectivity index (χ1) is 10.1. The molecule has 1 aromatic heterocycles. The van der Waals surface area contributed by atoms with Crippen molar-refractivity contribution < 1.29 is 18.8 Å². The Labute approximate surface area is 121 Å². The summed E-state index contributed by atoms with van der Waals surface area (Å²) in [6.45, 7) is 2.92. The molecule has 0 bridgehead atoms. The van der Waals surface area contributed by atoms with Gasteiger partial charge in [0, 0.05) is 18.7 Å². The average molecular weight is 290 g/mol. The number of hydrogen-bond acceptors (Lipinski definition) is 4. The van der Waals surface area contributed by atoms with Crippen LogP contribution in [0.15, 0.2) is 28.8 Å². The van der Waals surface area contributed by atoms with Crippen LogP contribution in [0, 0.1) is 5.82 Å². The molecule has 2 aromatic rings. The molecule has 3 rings (SSSR count). The fourth-order valence-electron chi connectivity index (χ4n) is 2.32. The summed E-state index contributed by atoms with van der Waals surface area (Å²) in [4.78, 5) is 13.9. The molecule has 1 fully saturated rings. The zero-order valence-electron chi connectivity index (χ0n) is 11.5. The summed E-state index contributed by atoms with van der Waals surface area (Å²) in [6, 6.07) is 5.67. The van der Waals surface area contributed by atoms with Crippen molar-refractivity contribution in [2.45, 2.75) is 19.4 Å². The zero-order chi connectivity index (χ0) is 15.0. The number of aliphatic hydroxyl groups excluding tert-OH is 1. The van der Waals surface area contributed by atoms with E-state index in [2.05, 4.69) is 5.16 Å². The normalized spacial score (nSPS) is 15.7. The second kappa shape index (κ2) is 5.29.